The molecule has 0 N–H and O–H groups in total. The third-order valence-corrected chi connectivity index (χ3v) is 11.4. The Morgan fingerprint density at radius 2 is 0.871 bits per heavy atom. The van der Waals surface area contributed by atoms with Crippen LogP contribution in [-0.4, -0.2) is 69.5 Å². The van der Waals surface area contributed by atoms with Gasteiger partial charge < -0.3 is 23.1 Å². The van der Waals surface area contributed by atoms with Crippen molar-refractivity contribution in [3.05, 3.63) is 25.3 Å². The first-order valence-corrected chi connectivity index (χ1v) is 16.3. The molecule has 0 saturated heterocycles. The fourth-order valence-electron chi connectivity index (χ4n) is 2.82. The average Bonchev–Trinajstić information content (AvgIpc) is 2.58. The molecule has 31 heavy (non-hydrogen) atoms. The van der Waals surface area contributed by atoms with Gasteiger partial charge in [0.1, 0.15) is 0 Å². The third kappa shape index (κ3) is 29.7. The highest BCUT2D eigenvalue weighted by Crippen LogP contribution is 2.23. The van der Waals surface area contributed by atoms with E-state index in [2.05, 4.69) is 39.3 Å². The monoisotopic (exact) mass is 482 g/mol. The van der Waals surface area contributed by atoms with Gasteiger partial charge in [-0.25, -0.2) is 0 Å². The second kappa shape index (κ2) is 26.0. The van der Waals surface area contributed by atoms with Crippen LogP contribution in [0.2, 0.25) is 38.3 Å². The van der Waals surface area contributed by atoms with E-state index in [-0.39, 0.29) is 29.7 Å². The van der Waals surface area contributed by atoms with Crippen molar-refractivity contribution in [3.63, 3.8) is 0 Å². The van der Waals surface area contributed by atoms with Crippen molar-refractivity contribution in [2.24, 2.45) is 0 Å². The summed E-state index contributed by atoms with van der Waals surface area (Å²) in [6, 6.07) is 2.27. The maximum absolute atomic E-state index is 6.64. The van der Waals surface area contributed by atoms with Crippen LogP contribution in [0.3, 0.4) is 0 Å². The summed E-state index contributed by atoms with van der Waals surface area (Å²) in [4.78, 5) is 0. The Labute approximate surface area is 198 Å². The van der Waals surface area contributed by atoms with Crippen LogP contribution in [0, 0.1) is 0 Å². The van der Waals surface area contributed by atoms with E-state index in [9.17, 15) is 0 Å². The van der Waals surface area contributed by atoms with E-state index >= 15 is 0 Å². The third-order valence-electron chi connectivity index (χ3n) is 3.90. The van der Waals surface area contributed by atoms with Crippen molar-refractivity contribution >= 4 is 16.6 Å². The summed E-state index contributed by atoms with van der Waals surface area (Å²) in [5.41, 5.74) is 0. The molecule has 0 aliphatic carbocycles. The summed E-state index contributed by atoms with van der Waals surface area (Å²) in [6.07, 6.45) is 5.61. The lowest BCUT2D eigenvalue weighted by Crippen LogP contribution is -2.44. The molecule has 0 spiro atoms. The summed E-state index contributed by atoms with van der Waals surface area (Å²) in [7, 11) is -3.29. The molecule has 0 heterocycles. The molecular weight excluding hydrogens is 424 g/mol. The second-order valence-corrected chi connectivity index (χ2v) is 16.6. The van der Waals surface area contributed by atoms with Crippen LogP contribution in [0.15, 0.2) is 25.3 Å². The Balaban J connectivity index is -0.000000563. The van der Waals surface area contributed by atoms with Gasteiger partial charge in [-0.05, 0) is 51.1 Å². The van der Waals surface area contributed by atoms with Crippen LogP contribution in [-0.2, 0) is 23.1 Å². The van der Waals surface area contributed by atoms with E-state index < -0.39 is 16.6 Å². The molecule has 0 aliphatic heterocycles. The molecule has 0 rings (SSSR count). The zero-order valence-corrected chi connectivity index (χ0v) is 20.1. The van der Waals surface area contributed by atoms with Crippen LogP contribution in [0.4, 0.5) is 0 Å². The topological polar surface area (TPSA) is 46.2 Å². The molecule has 0 bridgehead atoms. The molecule has 0 aromatic rings. The predicted octanol–water partition coefficient (Wildman–Crippen LogP) is 7.18. The quantitative estimate of drug-likeness (QED) is 0.104. The molecule has 0 aromatic carbocycles. The van der Waals surface area contributed by atoms with Crippen LogP contribution >= 0.6 is 0 Å². The van der Waals surface area contributed by atoms with E-state index in [4.69, 9.17) is 23.1 Å². The maximum atomic E-state index is 6.64. The smallest absolute Gasteiger partial charge is 0.173 e. The van der Waals surface area contributed by atoms with E-state index in [0.717, 1.165) is 38.1 Å². The normalized spacial score (nSPS) is 10.7. The summed E-state index contributed by atoms with van der Waals surface area (Å²) in [5, 5.41) is 0. The van der Waals surface area contributed by atoms with Crippen molar-refractivity contribution in [1.29, 1.82) is 0 Å². The first kappa shape index (κ1) is 41.0. The molecule has 0 amide bonds. The molecule has 0 aromatic heterocycles. The lowest BCUT2D eigenvalue weighted by molar-refractivity contribution is 0.0583. The van der Waals surface area contributed by atoms with E-state index in [0.29, 0.717) is 39.6 Å². The Hall–Kier alpha value is -0.286. The van der Waals surface area contributed by atoms with E-state index in [1.54, 1.807) is 12.2 Å². The van der Waals surface area contributed by atoms with Gasteiger partial charge >= 0.3 is 0 Å². The van der Waals surface area contributed by atoms with Gasteiger partial charge in [-0.15, -0.1) is 13.2 Å². The van der Waals surface area contributed by atoms with Crippen LogP contribution in [0.25, 0.3) is 0 Å². The SMILES string of the molecule is C.C.C.C.C=CCOCCOCCC[Si](C)(C)O[Si](C)(C)CCCOCCOCC=C. The molecule has 7 heteroatoms. The van der Waals surface area contributed by atoms with Gasteiger partial charge in [0, 0.05) is 13.2 Å². The lowest BCUT2D eigenvalue weighted by Gasteiger charge is -2.34. The number of ether oxygens (including phenoxy) is 4. The maximum Gasteiger partial charge on any atom is 0.173 e. The average molecular weight is 483 g/mol. The fourth-order valence-corrected chi connectivity index (χ4v) is 11.6. The van der Waals surface area contributed by atoms with Crippen LogP contribution < -0.4 is 0 Å². The van der Waals surface area contributed by atoms with Crippen molar-refractivity contribution < 1.29 is 23.1 Å². The Kier molecular flexibility index (Phi) is 34.4. The van der Waals surface area contributed by atoms with E-state index in [1.807, 2.05) is 0 Å². The number of hydrogen-bond acceptors (Lipinski definition) is 5. The standard InChI is InChI=1S/C20H42O5Si2.4CH4/c1-7-11-21-15-17-23-13-9-19-26(3,4)25-27(5,6)20-10-14-24-18-16-22-12-8-2;;;;/h7-8H,1-2,9-20H2,3-6H3;4*1H4. The molecule has 192 valence electrons. The Morgan fingerprint density at radius 3 is 1.19 bits per heavy atom. The van der Waals surface area contributed by atoms with Gasteiger partial charge in [0.25, 0.3) is 0 Å². The van der Waals surface area contributed by atoms with Crippen LogP contribution in [0.5, 0.6) is 0 Å². The van der Waals surface area contributed by atoms with Crippen LogP contribution in [0.1, 0.15) is 42.5 Å². The first-order valence-electron chi connectivity index (χ1n) is 10.1. The van der Waals surface area contributed by atoms with Gasteiger partial charge in [0.2, 0.25) is 0 Å². The predicted molar refractivity (Wildman–Crippen MR) is 145 cm³/mol. The van der Waals surface area contributed by atoms with Gasteiger partial charge in [-0.2, -0.15) is 0 Å². The first-order chi connectivity index (χ1) is 12.8. The molecule has 0 radical (unpaired) electrons. The van der Waals surface area contributed by atoms with Gasteiger partial charge in [0.05, 0.1) is 39.6 Å². The minimum atomic E-state index is -1.64. The largest absolute Gasteiger partial charge is 0.455 e. The highest BCUT2D eigenvalue weighted by Gasteiger charge is 2.32. The number of hydrogen-bond donors (Lipinski definition) is 0. The summed E-state index contributed by atoms with van der Waals surface area (Å²) in [5.74, 6) is 0. The summed E-state index contributed by atoms with van der Waals surface area (Å²) in [6.45, 7) is 21.8. The zero-order valence-electron chi connectivity index (χ0n) is 18.1. The van der Waals surface area contributed by atoms with Gasteiger partial charge in [-0.3, -0.25) is 0 Å². The lowest BCUT2D eigenvalue weighted by atomic mass is 10.5. The van der Waals surface area contributed by atoms with Crippen molar-refractivity contribution in [1.82, 2.24) is 0 Å². The highest BCUT2D eigenvalue weighted by atomic mass is 28.4. The molecule has 5 nitrogen and oxygen atoms in total. The van der Waals surface area contributed by atoms with Crippen molar-refractivity contribution in [2.75, 3.05) is 52.9 Å². The second-order valence-electron chi connectivity index (χ2n) is 7.78. The van der Waals surface area contributed by atoms with E-state index in [1.165, 1.54) is 0 Å². The molecule has 0 atom stereocenters. The molecule has 0 aliphatic rings. The molecule has 0 fully saturated rings. The summed E-state index contributed by atoms with van der Waals surface area (Å²) < 4.78 is 28.5. The van der Waals surface area contributed by atoms with Gasteiger partial charge in [0.15, 0.2) is 16.6 Å². The zero-order chi connectivity index (χ0) is 20.4. The van der Waals surface area contributed by atoms with Gasteiger partial charge in [-0.1, -0.05) is 41.9 Å². The minimum absolute atomic E-state index is 0. The number of rotatable bonds is 20. The minimum Gasteiger partial charge on any atom is -0.455 e. The molecular formula is C24H58O5Si2. The summed E-state index contributed by atoms with van der Waals surface area (Å²) >= 11 is 0. The molecule has 0 unspecified atom stereocenters. The van der Waals surface area contributed by atoms with Crippen molar-refractivity contribution in [2.45, 2.75) is 80.8 Å². The Morgan fingerprint density at radius 1 is 0.548 bits per heavy atom. The molecule has 0 saturated carbocycles. The Bertz CT molecular complexity index is 343. The highest BCUT2D eigenvalue weighted by molar-refractivity contribution is 6.84. The van der Waals surface area contributed by atoms with Crippen molar-refractivity contribution in [3.8, 4) is 0 Å². The fraction of sp³-hybridized carbons (Fsp3) is 0.833.